The third-order valence-electron chi connectivity index (χ3n) is 6.93. The topological polar surface area (TPSA) is 29.5 Å². The third kappa shape index (κ3) is 5.01. The molecule has 1 aliphatic rings. The fourth-order valence-electron chi connectivity index (χ4n) is 5.19. The first-order valence-corrected chi connectivity index (χ1v) is 14.6. The van der Waals surface area contributed by atoms with Gasteiger partial charge in [0.05, 0.1) is 0 Å². The van der Waals surface area contributed by atoms with E-state index in [1.54, 1.807) is 0 Å². The summed E-state index contributed by atoms with van der Waals surface area (Å²) in [4.78, 5) is 15.5. The molecule has 3 rings (SSSR count). The van der Waals surface area contributed by atoms with E-state index < -0.39 is 8.07 Å². The van der Waals surface area contributed by atoms with Crippen molar-refractivity contribution in [3.63, 3.8) is 0 Å². The van der Waals surface area contributed by atoms with Crippen LogP contribution >= 0.6 is 0 Å². The summed E-state index contributed by atoms with van der Waals surface area (Å²) in [5.74, 6) is 0. The standard InChI is InChI=1S/C28H39NO2Si/c1-21(2)29(22(3)4)28(30)31-27(26-20-14-13-15-23(26)5)32(6,24-16-9-7-10-17-24)25-18-11-8-12-19-25/h7-12,16-19,21-22,27H,13-15,20H2,1-6H3/t27-/m1/s1. The summed E-state index contributed by atoms with van der Waals surface area (Å²) in [6.45, 7) is 12.9. The van der Waals surface area contributed by atoms with E-state index in [0.29, 0.717) is 0 Å². The van der Waals surface area contributed by atoms with Gasteiger partial charge in [0.1, 0.15) is 5.73 Å². The van der Waals surface area contributed by atoms with Crippen LogP contribution in [0.3, 0.4) is 0 Å². The molecule has 1 amide bonds. The number of carbonyl (C=O) groups excluding carboxylic acids is 1. The Morgan fingerprint density at radius 1 is 0.844 bits per heavy atom. The van der Waals surface area contributed by atoms with Crippen molar-refractivity contribution >= 4 is 24.5 Å². The van der Waals surface area contributed by atoms with Crippen LogP contribution in [0.15, 0.2) is 71.8 Å². The zero-order valence-electron chi connectivity index (χ0n) is 20.6. The van der Waals surface area contributed by atoms with Crippen LogP contribution in [-0.4, -0.2) is 36.9 Å². The van der Waals surface area contributed by atoms with E-state index in [4.69, 9.17) is 4.74 Å². The van der Waals surface area contributed by atoms with E-state index >= 15 is 0 Å². The largest absolute Gasteiger partial charge is 0.445 e. The fourth-order valence-corrected chi connectivity index (χ4v) is 9.32. The first kappa shape index (κ1) is 24.3. The van der Waals surface area contributed by atoms with Crippen LogP contribution in [0.1, 0.15) is 60.3 Å². The predicted molar refractivity (Wildman–Crippen MR) is 137 cm³/mol. The maximum Gasteiger partial charge on any atom is 0.410 e. The average molecular weight is 450 g/mol. The molecule has 0 N–H and O–H groups in total. The van der Waals surface area contributed by atoms with Gasteiger partial charge in [-0.2, -0.15) is 0 Å². The molecule has 172 valence electrons. The van der Waals surface area contributed by atoms with Gasteiger partial charge in [-0.3, -0.25) is 0 Å². The smallest absolute Gasteiger partial charge is 0.410 e. The molecule has 0 heterocycles. The van der Waals surface area contributed by atoms with Gasteiger partial charge in [0, 0.05) is 12.1 Å². The Kier molecular flexibility index (Phi) is 7.99. The normalized spacial score (nSPS) is 15.8. The second-order valence-corrected chi connectivity index (χ2v) is 13.9. The van der Waals surface area contributed by atoms with E-state index in [0.717, 1.165) is 19.3 Å². The van der Waals surface area contributed by atoms with Crippen molar-refractivity contribution in [1.29, 1.82) is 0 Å². The minimum absolute atomic E-state index is 0.0888. The molecule has 0 aromatic heterocycles. The molecule has 1 aliphatic carbocycles. The Labute approximate surface area is 195 Å². The number of benzene rings is 2. The molecule has 0 bridgehead atoms. The summed E-state index contributed by atoms with van der Waals surface area (Å²) in [5, 5.41) is 2.60. The lowest BCUT2D eigenvalue weighted by Crippen LogP contribution is -2.66. The summed E-state index contributed by atoms with van der Waals surface area (Å²) in [5.41, 5.74) is 2.53. The second-order valence-electron chi connectivity index (χ2n) is 9.81. The molecule has 2 aromatic carbocycles. The highest BCUT2D eigenvalue weighted by Crippen LogP contribution is 2.33. The van der Waals surface area contributed by atoms with E-state index in [1.165, 1.54) is 27.9 Å². The Morgan fingerprint density at radius 2 is 1.31 bits per heavy atom. The molecule has 1 atom stereocenters. The third-order valence-corrected chi connectivity index (χ3v) is 11.5. The van der Waals surface area contributed by atoms with Gasteiger partial charge in [-0.15, -0.1) is 0 Å². The number of allylic oxidation sites excluding steroid dienone is 1. The molecular formula is C28H39NO2Si. The van der Waals surface area contributed by atoms with Crippen LogP contribution in [0, 0.1) is 0 Å². The van der Waals surface area contributed by atoms with Crippen molar-refractivity contribution in [1.82, 2.24) is 4.90 Å². The van der Waals surface area contributed by atoms with Gasteiger partial charge in [-0.25, -0.2) is 4.79 Å². The molecule has 32 heavy (non-hydrogen) atoms. The van der Waals surface area contributed by atoms with Crippen molar-refractivity contribution in [2.24, 2.45) is 0 Å². The SMILES string of the molecule is CC1=C([C@H](OC(=O)N(C(C)C)C(C)C)[Si](C)(c2ccccc2)c2ccccc2)CCCC1. The molecular weight excluding hydrogens is 410 g/mol. The van der Waals surface area contributed by atoms with Gasteiger partial charge >= 0.3 is 6.09 Å². The van der Waals surface area contributed by atoms with Crippen molar-refractivity contribution in [2.45, 2.75) is 84.7 Å². The van der Waals surface area contributed by atoms with E-state index in [-0.39, 0.29) is 23.9 Å². The number of nitrogens with zero attached hydrogens (tertiary/aromatic N) is 1. The summed E-state index contributed by atoms with van der Waals surface area (Å²) in [6.07, 6.45) is 4.28. The predicted octanol–water partition coefficient (Wildman–Crippen LogP) is 5.93. The van der Waals surface area contributed by atoms with Crippen molar-refractivity contribution < 1.29 is 9.53 Å². The molecule has 0 fully saturated rings. The van der Waals surface area contributed by atoms with Crippen LogP contribution in [0.5, 0.6) is 0 Å². The van der Waals surface area contributed by atoms with Gasteiger partial charge in [-0.05, 0) is 76.2 Å². The van der Waals surface area contributed by atoms with Gasteiger partial charge in [0.15, 0.2) is 8.07 Å². The molecule has 0 saturated heterocycles. The minimum atomic E-state index is -2.47. The Bertz CT molecular complexity index is 873. The quantitative estimate of drug-likeness (QED) is 0.387. The molecule has 0 saturated carbocycles. The summed E-state index contributed by atoms with van der Waals surface area (Å²) < 4.78 is 6.61. The fraction of sp³-hybridized carbons (Fsp3) is 0.464. The number of rotatable bonds is 7. The summed E-state index contributed by atoms with van der Waals surface area (Å²) in [6, 6.07) is 21.6. The maximum atomic E-state index is 13.6. The highest BCUT2D eigenvalue weighted by molar-refractivity contribution is 7.02. The van der Waals surface area contributed by atoms with Crippen molar-refractivity contribution in [3.8, 4) is 0 Å². The van der Waals surface area contributed by atoms with Gasteiger partial charge in [-0.1, -0.05) is 72.8 Å². The number of carbonyl (C=O) groups is 1. The van der Waals surface area contributed by atoms with Gasteiger partial charge in [0.2, 0.25) is 0 Å². The lowest BCUT2D eigenvalue weighted by atomic mass is 9.93. The summed E-state index contributed by atoms with van der Waals surface area (Å²) in [7, 11) is -2.47. The van der Waals surface area contributed by atoms with Gasteiger partial charge in [0.25, 0.3) is 0 Å². The number of hydrogen-bond donors (Lipinski definition) is 0. The zero-order valence-corrected chi connectivity index (χ0v) is 21.6. The van der Waals surface area contributed by atoms with E-state index in [2.05, 4.69) is 102 Å². The highest BCUT2D eigenvalue weighted by Gasteiger charge is 2.46. The number of hydrogen-bond acceptors (Lipinski definition) is 2. The molecule has 4 heteroatoms. The number of amides is 1. The zero-order chi connectivity index (χ0) is 23.3. The first-order valence-electron chi connectivity index (χ1n) is 12.0. The molecule has 3 nitrogen and oxygen atoms in total. The van der Waals surface area contributed by atoms with Crippen LogP contribution in [-0.2, 0) is 4.74 Å². The maximum absolute atomic E-state index is 13.6. The average Bonchev–Trinajstić information content (AvgIpc) is 2.78. The van der Waals surface area contributed by atoms with Crippen LogP contribution < -0.4 is 10.4 Å². The summed E-state index contributed by atoms with van der Waals surface area (Å²) >= 11 is 0. The van der Waals surface area contributed by atoms with Crippen LogP contribution in [0.4, 0.5) is 4.79 Å². The molecule has 0 unspecified atom stereocenters. The van der Waals surface area contributed by atoms with E-state index in [9.17, 15) is 4.79 Å². The Morgan fingerprint density at radius 3 is 1.75 bits per heavy atom. The molecule has 2 aromatic rings. The monoisotopic (exact) mass is 449 g/mol. The minimum Gasteiger partial charge on any atom is -0.445 e. The van der Waals surface area contributed by atoms with Gasteiger partial charge < -0.3 is 9.64 Å². The molecule has 0 radical (unpaired) electrons. The van der Waals surface area contributed by atoms with Crippen LogP contribution in [0.25, 0.3) is 0 Å². The Balaban J connectivity index is 2.18. The first-order chi connectivity index (χ1) is 15.3. The van der Waals surface area contributed by atoms with E-state index in [1.807, 2.05) is 4.90 Å². The van der Waals surface area contributed by atoms with Crippen molar-refractivity contribution in [3.05, 3.63) is 71.8 Å². The van der Waals surface area contributed by atoms with Crippen LogP contribution in [0.2, 0.25) is 6.55 Å². The molecule has 0 spiro atoms. The highest BCUT2D eigenvalue weighted by atomic mass is 28.3. The number of ether oxygens (including phenoxy) is 1. The van der Waals surface area contributed by atoms with Crippen molar-refractivity contribution in [2.75, 3.05) is 0 Å². The lowest BCUT2D eigenvalue weighted by Gasteiger charge is -2.41. The second kappa shape index (κ2) is 10.5. The lowest BCUT2D eigenvalue weighted by molar-refractivity contribution is 0.0735. The Hall–Kier alpha value is -2.33. The molecule has 0 aliphatic heterocycles.